The number of nitrogens with zero attached hydrogens (tertiary/aromatic N) is 2. The van der Waals surface area contributed by atoms with E-state index >= 15 is 0 Å². The van der Waals surface area contributed by atoms with E-state index in [1.165, 1.54) is 12.1 Å². The Bertz CT molecular complexity index is 971. The summed E-state index contributed by atoms with van der Waals surface area (Å²) in [6, 6.07) is 14.8. The van der Waals surface area contributed by atoms with Gasteiger partial charge in [-0.3, -0.25) is 4.79 Å². The Hall–Kier alpha value is -2.67. The Morgan fingerprint density at radius 3 is 2.63 bits per heavy atom. The van der Waals surface area contributed by atoms with Gasteiger partial charge in [-0.15, -0.1) is 11.8 Å². The standard InChI is InChI=1S/C20H17F2N3OS/c21-14-8-9-18(16(22)10-14)27-12-20(26)23-19-11-17(13-6-7-13)24-25(19)15-4-2-1-3-5-15/h1-5,8-11,13H,6-7,12H2,(H,23,26). The van der Waals surface area contributed by atoms with Gasteiger partial charge in [0.1, 0.15) is 17.5 Å². The molecule has 1 aliphatic rings. The molecular weight excluding hydrogens is 368 g/mol. The van der Waals surface area contributed by atoms with Crippen molar-refractivity contribution in [2.75, 3.05) is 11.1 Å². The van der Waals surface area contributed by atoms with Gasteiger partial charge in [0.05, 0.1) is 17.1 Å². The topological polar surface area (TPSA) is 46.9 Å². The highest BCUT2D eigenvalue weighted by atomic mass is 32.2. The van der Waals surface area contributed by atoms with Gasteiger partial charge in [-0.2, -0.15) is 5.10 Å². The molecule has 0 atom stereocenters. The van der Waals surface area contributed by atoms with E-state index in [-0.39, 0.29) is 16.6 Å². The molecule has 1 amide bonds. The summed E-state index contributed by atoms with van der Waals surface area (Å²) in [6.07, 6.45) is 2.22. The molecule has 4 rings (SSSR count). The van der Waals surface area contributed by atoms with E-state index in [1.54, 1.807) is 4.68 Å². The summed E-state index contributed by atoms with van der Waals surface area (Å²) in [6.45, 7) is 0. The number of halogens is 2. The first kappa shape index (κ1) is 17.7. The van der Waals surface area contributed by atoms with Gasteiger partial charge in [0.15, 0.2) is 0 Å². The molecule has 1 N–H and O–H groups in total. The lowest BCUT2D eigenvalue weighted by atomic mass is 10.3. The smallest absolute Gasteiger partial charge is 0.235 e. The third-order valence-corrected chi connectivity index (χ3v) is 5.29. The maximum atomic E-state index is 13.7. The van der Waals surface area contributed by atoms with Crippen LogP contribution in [0.1, 0.15) is 24.5 Å². The molecule has 0 aliphatic heterocycles. The number of amides is 1. The zero-order chi connectivity index (χ0) is 18.8. The minimum Gasteiger partial charge on any atom is -0.310 e. The minimum atomic E-state index is -0.668. The van der Waals surface area contributed by atoms with Crippen LogP contribution >= 0.6 is 11.8 Å². The second-order valence-electron chi connectivity index (χ2n) is 6.39. The fourth-order valence-corrected chi connectivity index (χ4v) is 3.47. The predicted octanol–water partition coefficient (Wildman–Crippen LogP) is 4.76. The van der Waals surface area contributed by atoms with Crippen molar-refractivity contribution in [1.82, 2.24) is 9.78 Å². The number of para-hydroxylation sites is 1. The van der Waals surface area contributed by atoms with Crippen LogP contribution in [0.2, 0.25) is 0 Å². The van der Waals surface area contributed by atoms with Crippen molar-refractivity contribution < 1.29 is 13.6 Å². The molecule has 0 saturated heterocycles. The number of hydrogen-bond donors (Lipinski definition) is 1. The SMILES string of the molecule is O=C(CSc1ccc(F)cc1F)Nc1cc(C2CC2)nn1-c1ccccc1. The van der Waals surface area contributed by atoms with Crippen LogP contribution in [-0.2, 0) is 4.79 Å². The average Bonchev–Trinajstić information content (AvgIpc) is 3.43. The van der Waals surface area contributed by atoms with Crippen LogP contribution in [0.15, 0.2) is 59.5 Å². The van der Waals surface area contributed by atoms with Crippen LogP contribution < -0.4 is 5.32 Å². The molecule has 138 valence electrons. The van der Waals surface area contributed by atoms with E-state index < -0.39 is 11.6 Å². The van der Waals surface area contributed by atoms with E-state index in [0.717, 1.165) is 42.1 Å². The van der Waals surface area contributed by atoms with E-state index in [0.29, 0.717) is 11.7 Å². The molecule has 2 aromatic carbocycles. The third kappa shape index (κ3) is 4.19. The molecule has 1 aliphatic carbocycles. The van der Waals surface area contributed by atoms with E-state index in [1.807, 2.05) is 36.4 Å². The Morgan fingerprint density at radius 2 is 1.93 bits per heavy atom. The highest BCUT2D eigenvalue weighted by Crippen LogP contribution is 2.40. The fraction of sp³-hybridized carbons (Fsp3) is 0.200. The largest absolute Gasteiger partial charge is 0.310 e. The number of carbonyl (C=O) groups excluding carboxylic acids is 1. The van der Waals surface area contributed by atoms with E-state index in [9.17, 15) is 13.6 Å². The second kappa shape index (κ2) is 7.52. The van der Waals surface area contributed by atoms with Crippen LogP contribution in [0.5, 0.6) is 0 Å². The minimum absolute atomic E-state index is 0.0152. The van der Waals surface area contributed by atoms with Crippen molar-refractivity contribution in [1.29, 1.82) is 0 Å². The first-order chi connectivity index (χ1) is 13.1. The molecule has 4 nitrogen and oxygen atoms in total. The number of thioether (sulfide) groups is 1. The van der Waals surface area contributed by atoms with Crippen LogP contribution in [0.3, 0.4) is 0 Å². The number of anilines is 1. The van der Waals surface area contributed by atoms with Gasteiger partial charge < -0.3 is 5.32 Å². The molecule has 1 fully saturated rings. The summed E-state index contributed by atoms with van der Waals surface area (Å²) in [5, 5.41) is 7.49. The molecule has 0 unspecified atom stereocenters. The van der Waals surface area contributed by atoms with Crippen molar-refractivity contribution in [3.63, 3.8) is 0 Å². The fourth-order valence-electron chi connectivity index (χ4n) is 2.75. The van der Waals surface area contributed by atoms with Crippen molar-refractivity contribution in [2.24, 2.45) is 0 Å². The van der Waals surface area contributed by atoms with E-state index in [2.05, 4.69) is 10.4 Å². The van der Waals surface area contributed by atoms with Crippen LogP contribution in [0, 0.1) is 11.6 Å². The average molecular weight is 385 g/mol. The first-order valence-electron chi connectivity index (χ1n) is 8.63. The summed E-state index contributed by atoms with van der Waals surface area (Å²) in [4.78, 5) is 12.6. The van der Waals surface area contributed by atoms with Crippen LogP contribution in [-0.4, -0.2) is 21.4 Å². The number of nitrogens with one attached hydrogen (secondary N) is 1. The molecule has 1 saturated carbocycles. The third-order valence-electron chi connectivity index (χ3n) is 4.24. The van der Waals surface area contributed by atoms with Crippen LogP contribution in [0.4, 0.5) is 14.6 Å². The van der Waals surface area contributed by atoms with Crippen molar-refractivity contribution >= 4 is 23.5 Å². The monoisotopic (exact) mass is 385 g/mol. The lowest BCUT2D eigenvalue weighted by molar-refractivity contribution is -0.113. The lowest BCUT2D eigenvalue weighted by Gasteiger charge is -2.09. The van der Waals surface area contributed by atoms with E-state index in [4.69, 9.17) is 0 Å². The first-order valence-corrected chi connectivity index (χ1v) is 9.62. The van der Waals surface area contributed by atoms with Gasteiger partial charge in [-0.05, 0) is 37.1 Å². The number of benzene rings is 2. The maximum absolute atomic E-state index is 13.7. The molecule has 7 heteroatoms. The Balaban J connectivity index is 1.49. The van der Waals surface area contributed by atoms with Gasteiger partial charge in [0.2, 0.25) is 5.91 Å². The summed E-state index contributed by atoms with van der Waals surface area (Å²) in [5.74, 6) is -0.523. The number of carbonyl (C=O) groups is 1. The number of aromatic nitrogens is 2. The van der Waals surface area contributed by atoms with Crippen molar-refractivity contribution in [2.45, 2.75) is 23.7 Å². The maximum Gasteiger partial charge on any atom is 0.235 e. The molecule has 0 radical (unpaired) electrons. The van der Waals surface area contributed by atoms with Gasteiger partial charge in [-0.25, -0.2) is 13.5 Å². The normalized spacial score (nSPS) is 13.6. The highest BCUT2D eigenvalue weighted by molar-refractivity contribution is 8.00. The van der Waals surface area contributed by atoms with Crippen molar-refractivity contribution in [3.8, 4) is 5.69 Å². The Morgan fingerprint density at radius 1 is 1.15 bits per heavy atom. The predicted molar refractivity (Wildman–Crippen MR) is 101 cm³/mol. The Kier molecular flexibility index (Phi) is 4.94. The zero-order valence-corrected chi connectivity index (χ0v) is 15.2. The van der Waals surface area contributed by atoms with Gasteiger partial charge in [0.25, 0.3) is 0 Å². The second-order valence-corrected chi connectivity index (χ2v) is 7.40. The van der Waals surface area contributed by atoms with Crippen molar-refractivity contribution in [3.05, 3.63) is 71.9 Å². The molecule has 3 aromatic rings. The zero-order valence-electron chi connectivity index (χ0n) is 14.4. The molecule has 0 spiro atoms. The molecule has 0 bridgehead atoms. The molecule has 27 heavy (non-hydrogen) atoms. The summed E-state index contributed by atoms with van der Waals surface area (Å²) < 4.78 is 28.4. The number of hydrogen-bond acceptors (Lipinski definition) is 3. The summed E-state index contributed by atoms with van der Waals surface area (Å²) in [5.41, 5.74) is 1.82. The van der Waals surface area contributed by atoms with Crippen LogP contribution in [0.25, 0.3) is 5.69 Å². The molecular formula is C20H17F2N3OS. The lowest BCUT2D eigenvalue weighted by Crippen LogP contribution is -2.17. The quantitative estimate of drug-likeness (QED) is 0.623. The van der Waals surface area contributed by atoms with Gasteiger partial charge >= 0.3 is 0 Å². The van der Waals surface area contributed by atoms with Gasteiger partial charge in [-0.1, -0.05) is 18.2 Å². The molecule has 1 aromatic heterocycles. The highest BCUT2D eigenvalue weighted by Gasteiger charge is 2.28. The Labute approximate surface area is 159 Å². The van der Waals surface area contributed by atoms with Gasteiger partial charge in [0, 0.05) is 22.9 Å². The number of rotatable bonds is 6. The molecule has 1 heterocycles. The summed E-state index contributed by atoms with van der Waals surface area (Å²) >= 11 is 1.03. The summed E-state index contributed by atoms with van der Waals surface area (Å²) in [7, 11) is 0.